The second kappa shape index (κ2) is 5.32. The molecule has 1 aromatic carbocycles. The molecule has 0 bridgehead atoms. The molecule has 1 heterocycles. The standard InChI is InChI=1S/C13H16BNO4S/c1-9-3-5-11(6-4-9)20(17,18)15-8-10(14)7-12(15)13(16)19-2/h3-7,10H,8,14H2,1-2H3. The van der Waals surface area contributed by atoms with Crippen LogP contribution in [-0.4, -0.2) is 40.2 Å². The van der Waals surface area contributed by atoms with E-state index in [0.717, 1.165) is 9.87 Å². The van der Waals surface area contributed by atoms with Gasteiger partial charge in [-0.3, -0.25) is 4.31 Å². The van der Waals surface area contributed by atoms with Gasteiger partial charge in [0.15, 0.2) is 0 Å². The molecule has 0 amide bonds. The molecule has 1 aromatic rings. The van der Waals surface area contributed by atoms with Crippen LogP contribution >= 0.6 is 0 Å². The average Bonchev–Trinajstić information content (AvgIpc) is 2.81. The lowest BCUT2D eigenvalue weighted by Crippen LogP contribution is -2.32. The molecule has 0 aromatic heterocycles. The van der Waals surface area contributed by atoms with E-state index in [0.29, 0.717) is 0 Å². The van der Waals surface area contributed by atoms with Crippen molar-refractivity contribution < 1.29 is 17.9 Å². The van der Waals surface area contributed by atoms with E-state index in [-0.39, 0.29) is 23.0 Å². The highest BCUT2D eigenvalue weighted by Crippen LogP contribution is 2.29. The van der Waals surface area contributed by atoms with Gasteiger partial charge in [-0.05, 0) is 24.9 Å². The van der Waals surface area contributed by atoms with Gasteiger partial charge in [-0.1, -0.05) is 23.8 Å². The first-order chi connectivity index (χ1) is 9.36. The van der Waals surface area contributed by atoms with Gasteiger partial charge in [0, 0.05) is 6.54 Å². The van der Waals surface area contributed by atoms with E-state index in [4.69, 9.17) is 0 Å². The highest BCUT2D eigenvalue weighted by Gasteiger charge is 2.35. The van der Waals surface area contributed by atoms with Crippen LogP contribution in [0.25, 0.3) is 0 Å². The van der Waals surface area contributed by atoms with Crippen molar-refractivity contribution in [3.63, 3.8) is 0 Å². The monoisotopic (exact) mass is 293 g/mol. The predicted octanol–water partition coefficient (Wildman–Crippen LogP) is 0.478. The molecule has 106 valence electrons. The number of hydrogen-bond acceptors (Lipinski definition) is 4. The Hall–Kier alpha value is -1.76. The molecule has 7 heteroatoms. The summed E-state index contributed by atoms with van der Waals surface area (Å²) in [6.45, 7) is 2.13. The fourth-order valence-electron chi connectivity index (χ4n) is 2.10. The third-order valence-corrected chi connectivity index (χ3v) is 4.96. The molecule has 2 rings (SSSR count). The van der Waals surface area contributed by atoms with Crippen LogP contribution in [-0.2, 0) is 19.6 Å². The van der Waals surface area contributed by atoms with Crippen LogP contribution in [0.15, 0.2) is 40.9 Å². The first kappa shape index (κ1) is 14.6. The maximum absolute atomic E-state index is 12.6. The molecule has 1 atom stereocenters. The number of sulfonamides is 1. The molecule has 0 aliphatic carbocycles. The summed E-state index contributed by atoms with van der Waals surface area (Å²) in [5.74, 6) is -0.658. The van der Waals surface area contributed by atoms with Crippen molar-refractivity contribution in [3.05, 3.63) is 41.6 Å². The van der Waals surface area contributed by atoms with E-state index in [9.17, 15) is 13.2 Å². The summed E-state index contributed by atoms with van der Waals surface area (Å²) < 4.78 is 31.0. The first-order valence-electron chi connectivity index (χ1n) is 6.26. The fraction of sp³-hybridized carbons (Fsp3) is 0.308. The van der Waals surface area contributed by atoms with Gasteiger partial charge in [0.1, 0.15) is 13.5 Å². The lowest BCUT2D eigenvalue weighted by molar-refractivity contribution is -0.137. The number of carbonyl (C=O) groups is 1. The van der Waals surface area contributed by atoms with Gasteiger partial charge in [0.2, 0.25) is 0 Å². The van der Waals surface area contributed by atoms with Gasteiger partial charge in [-0.15, -0.1) is 0 Å². The Balaban J connectivity index is 2.41. The van der Waals surface area contributed by atoms with Crippen molar-refractivity contribution in [3.8, 4) is 0 Å². The lowest BCUT2D eigenvalue weighted by atomic mass is 9.89. The highest BCUT2D eigenvalue weighted by molar-refractivity contribution is 7.89. The molecule has 0 N–H and O–H groups in total. The molecule has 0 radical (unpaired) electrons. The van der Waals surface area contributed by atoms with Gasteiger partial charge in [0.05, 0.1) is 12.0 Å². The smallest absolute Gasteiger partial charge is 0.354 e. The molecule has 1 aliphatic rings. The second-order valence-electron chi connectivity index (χ2n) is 4.87. The van der Waals surface area contributed by atoms with Crippen LogP contribution in [0.3, 0.4) is 0 Å². The molecule has 1 aliphatic heterocycles. The number of ether oxygens (including phenoxy) is 1. The zero-order valence-corrected chi connectivity index (χ0v) is 12.5. The molecule has 0 saturated carbocycles. The van der Waals surface area contributed by atoms with Crippen molar-refractivity contribution in [2.45, 2.75) is 17.6 Å². The predicted molar refractivity (Wildman–Crippen MR) is 77.5 cm³/mol. The summed E-state index contributed by atoms with van der Waals surface area (Å²) in [5, 5.41) is 0. The van der Waals surface area contributed by atoms with Gasteiger partial charge in [-0.2, -0.15) is 0 Å². The van der Waals surface area contributed by atoms with Crippen molar-refractivity contribution in [1.29, 1.82) is 0 Å². The minimum Gasteiger partial charge on any atom is -0.464 e. The zero-order chi connectivity index (χ0) is 14.9. The van der Waals surface area contributed by atoms with E-state index in [2.05, 4.69) is 4.74 Å². The largest absolute Gasteiger partial charge is 0.464 e. The number of hydrogen-bond donors (Lipinski definition) is 0. The quantitative estimate of drug-likeness (QED) is 0.600. The van der Waals surface area contributed by atoms with Crippen LogP contribution in [0, 0.1) is 6.92 Å². The Morgan fingerprint density at radius 1 is 1.35 bits per heavy atom. The van der Waals surface area contributed by atoms with E-state index >= 15 is 0 Å². The van der Waals surface area contributed by atoms with E-state index in [1.165, 1.54) is 7.11 Å². The van der Waals surface area contributed by atoms with Crippen LogP contribution in [0.2, 0.25) is 5.82 Å². The normalized spacial score (nSPS) is 18.8. The molecule has 0 saturated heterocycles. The number of aryl methyl sites for hydroxylation is 1. The molecule has 0 fully saturated rings. The minimum absolute atomic E-state index is 0.0238. The molecule has 20 heavy (non-hydrogen) atoms. The number of nitrogens with zero attached hydrogens (tertiary/aromatic N) is 1. The summed E-state index contributed by atoms with van der Waals surface area (Å²) in [7, 11) is -0.635. The van der Waals surface area contributed by atoms with Crippen LogP contribution in [0.4, 0.5) is 0 Å². The summed E-state index contributed by atoms with van der Waals surface area (Å²) in [4.78, 5) is 11.9. The van der Waals surface area contributed by atoms with Crippen LogP contribution < -0.4 is 0 Å². The topological polar surface area (TPSA) is 63.7 Å². The Kier molecular flexibility index (Phi) is 3.90. The number of carbonyl (C=O) groups excluding carboxylic acids is 1. The van der Waals surface area contributed by atoms with Crippen LogP contribution in [0.5, 0.6) is 0 Å². The van der Waals surface area contributed by atoms with Crippen molar-refractivity contribution in [1.82, 2.24) is 4.31 Å². The Morgan fingerprint density at radius 3 is 2.50 bits per heavy atom. The van der Waals surface area contributed by atoms with Gasteiger partial charge in [-0.25, -0.2) is 13.2 Å². The minimum atomic E-state index is -3.73. The summed E-state index contributed by atoms with van der Waals surface area (Å²) in [6, 6.07) is 6.55. The molecule has 5 nitrogen and oxygen atoms in total. The van der Waals surface area contributed by atoms with Crippen molar-refractivity contribution in [2.75, 3.05) is 13.7 Å². The Morgan fingerprint density at radius 2 is 1.95 bits per heavy atom. The van der Waals surface area contributed by atoms with Crippen molar-refractivity contribution in [2.24, 2.45) is 0 Å². The van der Waals surface area contributed by atoms with Gasteiger partial charge in [0.25, 0.3) is 10.0 Å². The molecule has 0 spiro atoms. The fourth-order valence-corrected chi connectivity index (χ4v) is 3.66. The van der Waals surface area contributed by atoms with E-state index < -0.39 is 16.0 Å². The number of esters is 1. The number of methoxy groups -OCH3 is 1. The summed E-state index contributed by atoms with van der Waals surface area (Å²) >= 11 is 0. The van der Waals surface area contributed by atoms with Gasteiger partial charge >= 0.3 is 5.97 Å². The number of benzene rings is 1. The van der Waals surface area contributed by atoms with Crippen LogP contribution in [0.1, 0.15) is 5.56 Å². The maximum atomic E-state index is 12.6. The zero-order valence-electron chi connectivity index (χ0n) is 11.7. The maximum Gasteiger partial charge on any atom is 0.354 e. The van der Waals surface area contributed by atoms with Gasteiger partial charge < -0.3 is 4.74 Å². The van der Waals surface area contributed by atoms with E-state index in [1.807, 2.05) is 14.8 Å². The first-order valence-corrected chi connectivity index (χ1v) is 7.70. The SMILES string of the molecule is BC1C=C(C(=O)OC)N(S(=O)(=O)c2ccc(C)cc2)C1. The third-order valence-electron chi connectivity index (χ3n) is 3.17. The molecular formula is C13H16BNO4S. The average molecular weight is 293 g/mol. The Labute approximate surface area is 119 Å². The summed E-state index contributed by atoms with van der Waals surface area (Å²) in [5.41, 5.74) is 1.06. The molecule has 1 unspecified atom stereocenters. The Bertz CT molecular complexity index is 651. The molecular weight excluding hydrogens is 277 g/mol. The highest BCUT2D eigenvalue weighted by atomic mass is 32.2. The lowest BCUT2D eigenvalue weighted by Gasteiger charge is -2.21. The number of rotatable bonds is 3. The second-order valence-corrected chi connectivity index (χ2v) is 6.73. The third kappa shape index (κ3) is 2.58. The van der Waals surface area contributed by atoms with Crippen molar-refractivity contribution >= 4 is 23.8 Å². The summed E-state index contributed by atoms with van der Waals surface area (Å²) in [6.07, 6.45) is 1.62. The van der Waals surface area contributed by atoms with E-state index in [1.54, 1.807) is 30.3 Å².